The van der Waals surface area contributed by atoms with Gasteiger partial charge in [-0.15, -0.1) is 0 Å². The van der Waals surface area contributed by atoms with E-state index in [1.54, 1.807) is 18.5 Å². The van der Waals surface area contributed by atoms with E-state index in [2.05, 4.69) is 15.3 Å². The number of ether oxygens (including phenoxy) is 1. The largest absolute Gasteiger partial charge is 0.455 e. The maximum absolute atomic E-state index is 13.2. The van der Waals surface area contributed by atoms with E-state index in [4.69, 9.17) is 10.00 Å². The van der Waals surface area contributed by atoms with Gasteiger partial charge in [-0.25, -0.2) is 14.4 Å². The number of anilines is 1. The van der Waals surface area contributed by atoms with Crippen LogP contribution in [-0.4, -0.2) is 26.6 Å². The Hall–Kier alpha value is -3.47. The average molecular weight is 379 g/mol. The van der Waals surface area contributed by atoms with E-state index in [0.717, 1.165) is 11.1 Å². The van der Waals surface area contributed by atoms with Crippen molar-refractivity contribution in [3.8, 4) is 17.6 Å². The van der Waals surface area contributed by atoms with Crippen molar-refractivity contribution in [2.75, 3.05) is 5.32 Å². The first-order chi connectivity index (χ1) is 13.5. The van der Waals surface area contributed by atoms with Gasteiger partial charge in [0.15, 0.2) is 0 Å². The minimum atomic E-state index is -1.07. The zero-order chi connectivity index (χ0) is 19.8. The van der Waals surface area contributed by atoms with Crippen molar-refractivity contribution in [1.29, 1.82) is 5.26 Å². The maximum Gasteiger partial charge on any atom is 0.230 e. The number of aromatic nitrogens is 3. The first-order valence-corrected chi connectivity index (χ1v) is 8.97. The molecule has 3 aromatic rings. The van der Waals surface area contributed by atoms with Crippen molar-refractivity contribution < 1.29 is 13.9 Å². The highest BCUT2D eigenvalue weighted by atomic mass is 19.1. The van der Waals surface area contributed by atoms with Gasteiger partial charge in [-0.2, -0.15) is 5.26 Å². The summed E-state index contributed by atoms with van der Waals surface area (Å²) < 4.78 is 21.0. The van der Waals surface area contributed by atoms with Gasteiger partial charge in [-0.05, 0) is 24.5 Å². The summed E-state index contributed by atoms with van der Waals surface area (Å²) in [6.07, 6.45) is 3.00. The molecule has 2 heterocycles. The van der Waals surface area contributed by atoms with Crippen molar-refractivity contribution in [2.24, 2.45) is 13.0 Å². The lowest BCUT2D eigenvalue weighted by molar-refractivity contribution is -0.117. The molecule has 1 saturated carbocycles. The Morgan fingerprint density at radius 2 is 2.21 bits per heavy atom. The minimum absolute atomic E-state index is 0.254. The van der Waals surface area contributed by atoms with Crippen molar-refractivity contribution >= 4 is 22.6 Å². The number of amides is 1. The number of imidazole rings is 1. The number of hydrogen-bond donors (Lipinski definition) is 1. The Labute approximate surface area is 160 Å². The lowest BCUT2D eigenvalue weighted by Gasteiger charge is -2.13. The molecule has 7 nitrogen and oxygen atoms in total. The molecule has 0 radical (unpaired) electrons. The molecule has 1 N–H and O–H groups in total. The highest BCUT2D eigenvalue weighted by Gasteiger charge is 2.43. The van der Waals surface area contributed by atoms with Gasteiger partial charge < -0.3 is 14.6 Å². The highest BCUT2D eigenvalue weighted by molar-refractivity contribution is 6.02. The second kappa shape index (κ2) is 6.93. The number of hydrogen-bond acceptors (Lipinski definition) is 5. The van der Waals surface area contributed by atoms with Gasteiger partial charge in [0.05, 0.1) is 29.6 Å². The fourth-order valence-electron chi connectivity index (χ4n) is 3.06. The number of nitrogens with one attached hydrogen (secondary N) is 1. The molecule has 142 valence electrons. The number of carbonyl (C=O) groups is 1. The smallest absolute Gasteiger partial charge is 0.230 e. The zero-order valence-corrected chi connectivity index (χ0v) is 15.4. The molecular weight excluding hydrogens is 361 g/mol. The summed E-state index contributed by atoms with van der Waals surface area (Å²) in [6.45, 7) is 1.96. The van der Waals surface area contributed by atoms with E-state index in [-0.39, 0.29) is 12.3 Å². The molecule has 1 aromatic carbocycles. The van der Waals surface area contributed by atoms with Gasteiger partial charge >= 0.3 is 0 Å². The van der Waals surface area contributed by atoms with E-state index in [1.807, 2.05) is 30.7 Å². The monoisotopic (exact) mass is 379 g/mol. The summed E-state index contributed by atoms with van der Waals surface area (Å²) in [7, 11) is 1.84. The van der Waals surface area contributed by atoms with Gasteiger partial charge in [0, 0.05) is 19.2 Å². The van der Waals surface area contributed by atoms with Crippen molar-refractivity contribution in [3.63, 3.8) is 0 Å². The third-order valence-corrected chi connectivity index (χ3v) is 4.78. The van der Waals surface area contributed by atoms with Gasteiger partial charge in [0.1, 0.15) is 35.0 Å². The quantitative estimate of drug-likeness (QED) is 0.732. The van der Waals surface area contributed by atoms with Crippen LogP contribution in [0, 0.1) is 17.2 Å². The van der Waals surface area contributed by atoms with E-state index >= 15 is 0 Å². The second-order valence-electron chi connectivity index (χ2n) is 6.79. The molecule has 2 atom stereocenters. The lowest BCUT2D eigenvalue weighted by Crippen LogP contribution is -2.15. The second-order valence-corrected chi connectivity index (χ2v) is 6.79. The number of pyridine rings is 1. The topological polar surface area (TPSA) is 92.8 Å². The number of halogens is 1. The normalized spacial score (nSPS) is 17.9. The average Bonchev–Trinajstić information content (AvgIpc) is 3.32. The van der Waals surface area contributed by atoms with Crippen LogP contribution in [-0.2, 0) is 18.3 Å². The van der Waals surface area contributed by atoms with Crippen molar-refractivity contribution in [3.05, 3.63) is 42.0 Å². The Morgan fingerprint density at radius 1 is 1.43 bits per heavy atom. The molecule has 0 spiro atoms. The predicted molar refractivity (Wildman–Crippen MR) is 101 cm³/mol. The third kappa shape index (κ3) is 3.27. The molecule has 1 fully saturated rings. The molecule has 8 heteroatoms. The van der Waals surface area contributed by atoms with E-state index < -0.39 is 12.1 Å². The van der Waals surface area contributed by atoms with Crippen LogP contribution in [0.15, 0.2) is 30.7 Å². The molecule has 28 heavy (non-hydrogen) atoms. The van der Waals surface area contributed by atoms with Crippen LogP contribution in [0.3, 0.4) is 0 Å². The highest BCUT2D eigenvalue weighted by Crippen LogP contribution is 2.37. The van der Waals surface area contributed by atoms with E-state index in [9.17, 15) is 9.18 Å². The Balaban J connectivity index is 1.70. The zero-order valence-electron chi connectivity index (χ0n) is 15.4. The maximum atomic E-state index is 13.2. The molecular formula is C20H18FN5O2. The SMILES string of the molecule is CCc1cc(C#N)ncc1Oc1cc(NC(=O)C2CC2F)c2ncn(C)c2c1. The van der Waals surface area contributed by atoms with Crippen LogP contribution in [0.4, 0.5) is 10.1 Å². The number of nitriles is 1. The number of benzene rings is 1. The molecule has 0 bridgehead atoms. The molecule has 0 saturated heterocycles. The van der Waals surface area contributed by atoms with Crippen molar-refractivity contribution in [1.82, 2.24) is 14.5 Å². The fraction of sp³-hybridized carbons (Fsp3) is 0.300. The first kappa shape index (κ1) is 17.9. The van der Waals surface area contributed by atoms with Crippen LogP contribution >= 0.6 is 0 Å². The third-order valence-electron chi connectivity index (χ3n) is 4.78. The summed E-state index contributed by atoms with van der Waals surface area (Å²) in [6, 6.07) is 7.18. The van der Waals surface area contributed by atoms with Gasteiger partial charge in [0.25, 0.3) is 0 Å². The molecule has 2 unspecified atom stereocenters. The summed E-state index contributed by atoms with van der Waals surface area (Å²) in [5.41, 5.74) is 3.01. The fourth-order valence-corrected chi connectivity index (χ4v) is 3.06. The summed E-state index contributed by atoms with van der Waals surface area (Å²) in [5.74, 6) is 0.0650. The van der Waals surface area contributed by atoms with E-state index in [1.165, 1.54) is 6.20 Å². The summed E-state index contributed by atoms with van der Waals surface area (Å²) in [5, 5.41) is 11.8. The number of nitrogens with zero attached hydrogens (tertiary/aromatic N) is 4. The van der Waals surface area contributed by atoms with Crippen LogP contribution in [0.2, 0.25) is 0 Å². The van der Waals surface area contributed by atoms with E-state index in [0.29, 0.717) is 34.8 Å². The predicted octanol–water partition coefficient (Wildman–Crippen LogP) is 3.49. The standard InChI is InChI=1S/C20H18FN5O2/c1-3-11-4-12(8-22)23-9-18(11)28-13-5-16(25-20(27)14-7-15(14)21)19-17(6-13)26(2)10-24-19/h4-6,9-10,14-15H,3,7H2,1-2H3,(H,25,27). The van der Waals surface area contributed by atoms with Crippen molar-refractivity contribution in [2.45, 2.75) is 25.9 Å². The first-order valence-electron chi connectivity index (χ1n) is 8.97. The number of carbonyl (C=O) groups excluding carboxylic acids is 1. The Kier molecular flexibility index (Phi) is 4.43. The Morgan fingerprint density at radius 3 is 2.89 bits per heavy atom. The molecule has 0 aliphatic heterocycles. The number of fused-ring (bicyclic) bond motifs is 1. The summed E-state index contributed by atoms with van der Waals surface area (Å²) >= 11 is 0. The van der Waals surface area contributed by atoms with Crippen LogP contribution in [0.5, 0.6) is 11.5 Å². The van der Waals surface area contributed by atoms with Gasteiger partial charge in [-0.3, -0.25) is 4.79 Å². The molecule has 4 rings (SSSR count). The number of alkyl halides is 1. The Bertz CT molecular complexity index is 1120. The lowest BCUT2D eigenvalue weighted by atomic mass is 10.1. The molecule has 1 aliphatic rings. The van der Waals surface area contributed by atoms with Gasteiger partial charge in [0.2, 0.25) is 5.91 Å². The number of aryl methyl sites for hydroxylation is 2. The van der Waals surface area contributed by atoms with Gasteiger partial charge in [-0.1, -0.05) is 6.92 Å². The van der Waals surface area contributed by atoms with Crippen LogP contribution in [0.25, 0.3) is 11.0 Å². The summed E-state index contributed by atoms with van der Waals surface area (Å²) in [4.78, 5) is 20.6. The minimum Gasteiger partial charge on any atom is -0.455 e. The number of rotatable bonds is 5. The molecule has 1 aliphatic carbocycles. The van der Waals surface area contributed by atoms with Crippen LogP contribution in [0.1, 0.15) is 24.6 Å². The van der Waals surface area contributed by atoms with Crippen LogP contribution < -0.4 is 10.1 Å². The molecule has 2 aromatic heterocycles. The molecule has 1 amide bonds.